The van der Waals surface area contributed by atoms with Crippen LogP contribution >= 0.6 is 0 Å². The minimum absolute atomic E-state index is 0.0864. The van der Waals surface area contributed by atoms with Gasteiger partial charge in [-0.05, 0) is 44.7 Å². The first kappa shape index (κ1) is 10.9. The van der Waals surface area contributed by atoms with Gasteiger partial charge in [-0.3, -0.25) is 4.55 Å². The lowest BCUT2D eigenvalue weighted by atomic mass is 9.94. The molecule has 0 spiro atoms. The Bertz CT molecular complexity index is 232. The van der Waals surface area contributed by atoms with E-state index in [1.54, 1.807) is 0 Å². The van der Waals surface area contributed by atoms with Crippen molar-refractivity contribution in [2.24, 2.45) is 5.92 Å². The van der Waals surface area contributed by atoms with Crippen LogP contribution in [0.25, 0.3) is 0 Å². The molecule has 0 atom stereocenters. The van der Waals surface area contributed by atoms with E-state index in [9.17, 15) is 8.42 Å². The number of rotatable bonds is 4. The molecular weight excluding hydrogens is 190 g/mol. The van der Waals surface area contributed by atoms with Crippen LogP contribution in [-0.4, -0.2) is 31.8 Å². The Labute approximate surface area is 79.5 Å². The van der Waals surface area contributed by atoms with E-state index in [2.05, 4.69) is 5.32 Å². The summed E-state index contributed by atoms with van der Waals surface area (Å²) in [6, 6.07) is 0. The Morgan fingerprint density at radius 3 is 2.46 bits per heavy atom. The van der Waals surface area contributed by atoms with Crippen molar-refractivity contribution in [3.05, 3.63) is 0 Å². The number of nitrogens with one attached hydrogen (secondary N) is 1. The molecule has 1 rings (SSSR count). The number of hydrogen-bond acceptors (Lipinski definition) is 3. The molecule has 1 fully saturated rings. The van der Waals surface area contributed by atoms with Gasteiger partial charge in [0.05, 0.1) is 5.75 Å². The maximum absolute atomic E-state index is 10.4. The summed E-state index contributed by atoms with van der Waals surface area (Å²) in [4.78, 5) is 0. The highest BCUT2D eigenvalue weighted by molar-refractivity contribution is 7.85. The monoisotopic (exact) mass is 207 g/mol. The van der Waals surface area contributed by atoms with Crippen molar-refractivity contribution in [2.45, 2.75) is 25.7 Å². The molecular formula is C8H17NO3S. The second kappa shape index (κ2) is 4.93. The third-order valence-corrected chi connectivity index (χ3v) is 3.28. The topological polar surface area (TPSA) is 66.4 Å². The zero-order valence-corrected chi connectivity index (χ0v) is 8.52. The van der Waals surface area contributed by atoms with Gasteiger partial charge in [-0.2, -0.15) is 8.42 Å². The standard InChI is InChI=1S/C8H17NO3S/c10-13(11,12)7-1-2-8-3-5-9-6-4-8/h8-9H,1-7H2,(H,10,11,12). The molecule has 0 aromatic carbocycles. The molecule has 1 aliphatic rings. The van der Waals surface area contributed by atoms with Crippen LogP contribution in [0.2, 0.25) is 0 Å². The number of hydrogen-bond donors (Lipinski definition) is 2. The first-order valence-electron chi connectivity index (χ1n) is 4.74. The third-order valence-electron chi connectivity index (χ3n) is 2.47. The van der Waals surface area contributed by atoms with Gasteiger partial charge < -0.3 is 5.32 Å². The minimum Gasteiger partial charge on any atom is -0.317 e. The van der Waals surface area contributed by atoms with Crippen molar-refractivity contribution in [2.75, 3.05) is 18.8 Å². The van der Waals surface area contributed by atoms with Gasteiger partial charge in [0.2, 0.25) is 0 Å². The molecule has 0 bridgehead atoms. The summed E-state index contributed by atoms with van der Waals surface area (Å²) in [6.45, 7) is 2.08. The predicted molar refractivity (Wildman–Crippen MR) is 51.2 cm³/mol. The van der Waals surface area contributed by atoms with E-state index >= 15 is 0 Å². The molecule has 13 heavy (non-hydrogen) atoms. The average molecular weight is 207 g/mol. The molecule has 2 N–H and O–H groups in total. The van der Waals surface area contributed by atoms with Crippen LogP contribution in [0.1, 0.15) is 25.7 Å². The average Bonchev–Trinajstić information content (AvgIpc) is 2.04. The summed E-state index contributed by atoms with van der Waals surface area (Å²) in [7, 11) is -3.74. The molecule has 1 saturated heterocycles. The molecule has 1 aliphatic heterocycles. The SMILES string of the molecule is O=S(=O)(O)CCCC1CCNCC1. The van der Waals surface area contributed by atoms with E-state index in [1.165, 1.54) is 0 Å². The lowest BCUT2D eigenvalue weighted by molar-refractivity contribution is 0.350. The first-order valence-corrected chi connectivity index (χ1v) is 6.35. The van der Waals surface area contributed by atoms with Crippen molar-refractivity contribution in [3.8, 4) is 0 Å². The summed E-state index contributed by atoms with van der Waals surface area (Å²) >= 11 is 0. The largest absolute Gasteiger partial charge is 0.317 e. The van der Waals surface area contributed by atoms with Crippen LogP contribution in [0.5, 0.6) is 0 Å². The number of piperidine rings is 1. The fourth-order valence-electron chi connectivity index (χ4n) is 1.72. The summed E-state index contributed by atoms with van der Waals surface area (Å²) < 4.78 is 29.3. The van der Waals surface area contributed by atoms with Crippen molar-refractivity contribution >= 4 is 10.1 Å². The maximum atomic E-state index is 10.4. The molecule has 0 unspecified atom stereocenters. The second-order valence-electron chi connectivity index (χ2n) is 3.62. The van der Waals surface area contributed by atoms with Gasteiger partial charge in [-0.1, -0.05) is 0 Å². The summed E-state index contributed by atoms with van der Waals surface area (Å²) in [5, 5.41) is 3.25. The van der Waals surface area contributed by atoms with Crippen molar-refractivity contribution in [1.29, 1.82) is 0 Å². The van der Waals surface area contributed by atoms with Gasteiger partial charge in [0.1, 0.15) is 0 Å². The van der Waals surface area contributed by atoms with Crippen molar-refractivity contribution in [1.82, 2.24) is 5.32 Å². The van der Waals surface area contributed by atoms with Gasteiger partial charge in [-0.25, -0.2) is 0 Å². The van der Waals surface area contributed by atoms with Crippen LogP contribution in [0.4, 0.5) is 0 Å². The van der Waals surface area contributed by atoms with E-state index in [4.69, 9.17) is 4.55 Å². The second-order valence-corrected chi connectivity index (χ2v) is 5.19. The Balaban J connectivity index is 2.11. The van der Waals surface area contributed by atoms with Crippen molar-refractivity contribution in [3.63, 3.8) is 0 Å². The Hall–Kier alpha value is -0.130. The fraction of sp³-hybridized carbons (Fsp3) is 1.00. The molecule has 78 valence electrons. The molecule has 0 radical (unpaired) electrons. The summed E-state index contributed by atoms with van der Waals surface area (Å²) in [6.07, 6.45) is 3.77. The van der Waals surface area contributed by atoms with Gasteiger partial charge in [0.15, 0.2) is 0 Å². The van der Waals surface area contributed by atoms with Crippen LogP contribution < -0.4 is 5.32 Å². The van der Waals surface area contributed by atoms with E-state index in [0.29, 0.717) is 12.3 Å². The van der Waals surface area contributed by atoms with Gasteiger partial charge >= 0.3 is 0 Å². The molecule has 0 aromatic rings. The third kappa shape index (κ3) is 5.23. The van der Waals surface area contributed by atoms with Crippen molar-refractivity contribution < 1.29 is 13.0 Å². The molecule has 0 amide bonds. The Morgan fingerprint density at radius 2 is 1.92 bits per heavy atom. The lowest BCUT2D eigenvalue weighted by Crippen LogP contribution is -2.27. The Morgan fingerprint density at radius 1 is 1.31 bits per heavy atom. The lowest BCUT2D eigenvalue weighted by Gasteiger charge is -2.21. The normalized spacial score (nSPS) is 20.4. The van der Waals surface area contributed by atoms with E-state index in [1.807, 2.05) is 0 Å². The molecule has 1 heterocycles. The zero-order valence-electron chi connectivity index (χ0n) is 7.70. The fourth-order valence-corrected chi connectivity index (χ4v) is 2.26. The molecule has 4 nitrogen and oxygen atoms in total. The van der Waals surface area contributed by atoms with Gasteiger partial charge in [0, 0.05) is 0 Å². The van der Waals surface area contributed by atoms with E-state index in [0.717, 1.165) is 32.4 Å². The quantitative estimate of drug-likeness (QED) is 0.664. The highest BCUT2D eigenvalue weighted by Crippen LogP contribution is 2.17. The maximum Gasteiger partial charge on any atom is 0.264 e. The smallest absolute Gasteiger partial charge is 0.264 e. The molecule has 0 saturated carbocycles. The molecule has 5 heteroatoms. The van der Waals surface area contributed by atoms with E-state index < -0.39 is 10.1 Å². The van der Waals surface area contributed by atoms with E-state index in [-0.39, 0.29) is 5.75 Å². The van der Waals surface area contributed by atoms with Crippen LogP contribution in [-0.2, 0) is 10.1 Å². The highest BCUT2D eigenvalue weighted by Gasteiger charge is 2.13. The van der Waals surface area contributed by atoms with Crippen LogP contribution in [0.15, 0.2) is 0 Å². The highest BCUT2D eigenvalue weighted by atomic mass is 32.2. The van der Waals surface area contributed by atoms with Crippen LogP contribution in [0.3, 0.4) is 0 Å². The molecule has 0 aromatic heterocycles. The van der Waals surface area contributed by atoms with Crippen LogP contribution in [0, 0.1) is 5.92 Å². The minimum atomic E-state index is -3.74. The summed E-state index contributed by atoms with van der Waals surface area (Å²) in [5.41, 5.74) is 0. The zero-order chi connectivity index (χ0) is 9.73. The van der Waals surface area contributed by atoms with Gasteiger partial charge in [0.25, 0.3) is 10.1 Å². The first-order chi connectivity index (χ1) is 6.08. The molecule has 0 aliphatic carbocycles. The Kier molecular flexibility index (Phi) is 4.15. The summed E-state index contributed by atoms with van der Waals surface area (Å²) in [5.74, 6) is 0.555. The predicted octanol–water partition coefficient (Wildman–Crippen LogP) is 0.654. The van der Waals surface area contributed by atoms with Gasteiger partial charge in [-0.15, -0.1) is 0 Å².